The fourth-order valence-electron chi connectivity index (χ4n) is 1.64. The van der Waals surface area contributed by atoms with Crippen molar-refractivity contribution < 1.29 is 0 Å². The topological polar surface area (TPSA) is 26.0 Å². The van der Waals surface area contributed by atoms with Crippen LogP contribution in [-0.4, -0.2) is 0 Å². The van der Waals surface area contributed by atoms with E-state index in [1.807, 2.05) is 6.07 Å². The standard InChI is InChI=1S/C15H16N/c16-12-15-10-8-14(9-11-15)7-6-13-4-2-1-3-5-13/h1-6,8-11H,7,12,16H2. The Morgan fingerprint density at radius 1 is 0.812 bits per heavy atom. The summed E-state index contributed by atoms with van der Waals surface area (Å²) in [5.74, 6) is 0. The molecule has 1 heteroatoms. The van der Waals surface area contributed by atoms with Crippen LogP contribution in [0.2, 0.25) is 0 Å². The lowest BCUT2D eigenvalue weighted by molar-refractivity contribution is 1.06. The molecular formula is C15H16N. The molecule has 0 aromatic heterocycles. The molecule has 2 N–H and O–H groups in total. The molecule has 1 nitrogen and oxygen atoms in total. The minimum atomic E-state index is 0.614. The Labute approximate surface area is 96.9 Å². The smallest absolute Gasteiger partial charge is 0.0178 e. The second kappa shape index (κ2) is 5.47. The molecule has 0 fully saturated rings. The highest BCUT2D eigenvalue weighted by atomic mass is 14.5. The first-order chi connectivity index (χ1) is 7.88. The quantitative estimate of drug-likeness (QED) is 0.825. The van der Waals surface area contributed by atoms with Crippen molar-refractivity contribution in [2.75, 3.05) is 0 Å². The van der Waals surface area contributed by atoms with E-state index in [0.29, 0.717) is 6.54 Å². The minimum absolute atomic E-state index is 0.614. The average Bonchev–Trinajstić information content (AvgIpc) is 2.38. The van der Waals surface area contributed by atoms with Crippen molar-refractivity contribution in [1.29, 1.82) is 0 Å². The minimum Gasteiger partial charge on any atom is -0.326 e. The van der Waals surface area contributed by atoms with Crippen LogP contribution in [0, 0.1) is 6.42 Å². The van der Waals surface area contributed by atoms with Crippen molar-refractivity contribution in [3.63, 3.8) is 0 Å². The summed E-state index contributed by atoms with van der Waals surface area (Å²) in [6, 6.07) is 18.9. The molecule has 2 aromatic carbocycles. The number of rotatable bonds is 4. The van der Waals surface area contributed by atoms with Crippen LogP contribution in [0.3, 0.4) is 0 Å². The summed E-state index contributed by atoms with van der Waals surface area (Å²) in [6.07, 6.45) is 3.20. The summed E-state index contributed by atoms with van der Waals surface area (Å²) >= 11 is 0. The van der Waals surface area contributed by atoms with Gasteiger partial charge in [0.05, 0.1) is 0 Å². The van der Waals surface area contributed by atoms with Gasteiger partial charge in [0, 0.05) is 6.54 Å². The van der Waals surface area contributed by atoms with Crippen LogP contribution in [0.15, 0.2) is 54.6 Å². The Hall–Kier alpha value is -1.60. The van der Waals surface area contributed by atoms with Crippen molar-refractivity contribution in [2.45, 2.75) is 13.0 Å². The van der Waals surface area contributed by atoms with Gasteiger partial charge in [-0.25, -0.2) is 0 Å². The van der Waals surface area contributed by atoms with E-state index in [0.717, 1.165) is 6.42 Å². The van der Waals surface area contributed by atoms with Gasteiger partial charge in [-0.05, 0) is 29.5 Å². The molecule has 1 radical (unpaired) electrons. The second-order valence-electron chi connectivity index (χ2n) is 3.84. The van der Waals surface area contributed by atoms with Gasteiger partial charge in [-0.3, -0.25) is 0 Å². The van der Waals surface area contributed by atoms with E-state index in [9.17, 15) is 0 Å². The normalized spacial score (nSPS) is 10.3. The number of benzene rings is 2. The van der Waals surface area contributed by atoms with Crippen LogP contribution in [-0.2, 0) is 13.0 Å². The fourth-order valence-corrected chi connectivity index (χ4v) is 1.64. The monoisotopic (exact) mass is 210 g/mol. The molecule has 16 heavy (non-hydrogen) atoms. The van der Waals surface area contributed by atoms with Crippen LogP contribution >= 0.6 is 0 Å². The number of hydrogen-bond acceptors (Lipinski definition) is 1. The van der Waals surface area contributed by atoms with Gasteiger partial charge < -0.3 is 5.73 Å². The molecule has 0 unspecified atom stereocenters. The maximum atomic E-state index is 5.56. The summed E-state index contributed by atoms with van der Waals surface area (Å²) in [5.41, 5.74) is 9.33. The van der Waals surface area contributed by atoms with Crippen molar-refractivity contribution in [2.24, 2.45) is 5.73 Å². The van der Waals surface area contributed by atoms with E-state index in [1.165, 1.54) is 16.7 Å². The van der Waals surface area contributed by atoms with Gasteiger partial charge in [0.25, 0.3) is 0 Å². The molecule has 0 aliphatic rings. The first-order valence-corrected chi connectivity index (χ1v) is 5.54. The molecule has 0 spiro atoms. The van der Waals surface area contributed by atoms with Gasteiger partial charge in [0.2, 0.25) is 0 Å². The van der Waals surface area contributed by atoms with Crippen LogP contribution in [0.1, 0.15) is 16.7 Å². The Morgan fingerprint density at radius 2 is 1.44 bits per heavy atom. The largest absolute Gasteiger partial charge is 0.326 e. The average molecular weight is 210 g/mol. The molecule has 2 rings (SSSR count). The molecule has 0 aliphatic carbocycles. The predicted molar refractivity (Wildman–Crippen MR) is 67.9 cm³/mol. The van der Waals surface area contributed by atoms with Gasteiger partial charge in [-0.1, -0.05) is 54.6 Å². The third-order valence-corrected chi connectivity index (χ3v) is 2.63. The van der Waals surface area contributed by atoms with Crippen LogP contribution in [0.25, 0.3) is 0 Å². The van der Waals surface area contributed by atoms with Crippen LogP contribution < -0.4 is 5.73 Å². The van der Waals surface area contributed by atoms with Crippen molar-refractivity contribution >= 4 is 0 Å². The van der Waals surface area contributed by atoms with E-state index >= 15 is 0 Å². The third-order valence-electron chi connectivity index (χ3n) is 2.63. The molecule has 0 heterocycles. The summed E-state index contributed by atoms with van der Waals surface area (Å²) in [5, 5.41) is 0. The SMILES string of the molecule is NCc1ccc(C[CH]c2ccccc2)cc1. The Morgan fingerprint density at radius 3 is 2.06 bits per heavy atom. The predicted octanol–water partition coefficient (Wildman–Crippen LogP) is 2.94. The zero-order valence-corrected chi connectivity index (χ0v) is 9.27. The number of hydrogen-bond donors (Lipinski definition) is 1. The molecular weight excluding hydrogens is 194 g/mol. The maximum absolute atomic E-state index is 5.56. The summed E-state index contributed by atoms with van der Waals surface area (Å²) in [4.78, 5) is 0. The Bertz CT molecular complexity index is 417. The lowest BCUT2D eigenvalue weighted by atomic mass is 10.0. The molecule has 0 atom stereocenters. The third kappa shape index (κ3) is 2.94. The highest BCUT2D eigenvalue weighted by Crippen LogP contribution is 2.10. The highest BCUT2D eigenvalue weighted by molar-refractivity contribution is 5.28. The first kappa shape index (κ1) is 10.9. The van der Waals surface area contributed by atoms with Gasteiger partial charge in [-0.15, -0.1) is 0 Å². The van der Waals surface area contributed by atoms with Gasteiger partial charge in [-0.2, -0.15) is 0 Å². The summed E-state index contributed by atoms with van der Waals surface area (Å²) < 4.78 is 0. The van der Waals surface area contributed by atoms with Crippen molar-refractivity contribution in [3.05, 3.63) is 77.7 Å². The van der Waals surface area contributed by atoms with Crippen LogP contribution in [0.4, 0.5) is 0 Å². The Balaban J connectivity index is 1.94. The molecule has 0 bridgehead atoms. The Kier molecular flexibility index (Phi) is 3.73. The molecule has 0 saturated carbocycles. The van der Waals surface area contributed by atoms with E-state index in [-0.39, 0.29) is 0 Å². The first-order valence-electron chi connectivity index (χ1n) is 5.54. The van der Waals surface area contributed by atoms with E-state index in [1.54, 1.807) is 0 Å². The fraction of sp³-hybridized carbons (Fsp3) is 0.133. The molecule has 0 amide bonds. The van der Waals surface area contributed by atoms with Gasteiger partial charge >= 0.3 is 0 Å². The summed E-state index contributed by atoms with van der Waals surface area (Å²) in [7, 11) is 0. The van der Waals surface area contributed by atoms with Crippen molar-refractivity contribution in [1.82, 2.24) is 0 Å². The lowest BCUT2D eigenvalue weighted by Crippen LogP contribution is -1.96. The second-order valence-corrected chi connectivity index (χ2v) is 3.84. The zero-order chi connectivity index (χ0) is 11.2. The summed E-state index contributed by atoms with van der Waals surface area (Å²) in [6.45, 7) is 0.614. The van der Waals surface area contributed by atoms with E-state index in [4.69, 9.17) is 5.73 Å². The molecule has 0 aliphatic heterocycles. The maximum Gasteiger partial charge on any atom is 0.0178 e. The van der Waals surface area contributed by atoms with Gasteiger partial charge in [0.15, 0.2) is 0 Å². The van der Waals surface area contributed by atoms with Crippen molar-refractivity contribution in [3.8, 4) is 0 Å². The lowest BCUT2D eigenvalue weighted by Gasteiger charge is -2.03. The van der Waals surface area contributed by atoms with E-state index < -0.39 is 0 Å². The molecule has 0 saturated heterocycles. The van der Waals surface area contributed by atoms with Gasteiger partial charge in [0.1, 0.15) is 0 Å². The molecule has 2 aromatic rings. The molecule has 81 valence electrons. The van der Waals surface area contributed by atoms with Crippen LogP contribution in [0.5, 0.6) is 0 Å². The van der Waals surface area contributed by atoms with E-state index in [2.05, 4.69) is 55.0 Å². The number of nitrogens with two attached hydrogens (primary N) is 1. The zero-order valence-electron chi connectivity index (χ0n) is 9.27. The highest BCUT2D eigenvalue weighted by Gasteiger charge is 1.96.